The maximum absolute atomic E-state index is 5.36. The van der Waals surface area contributed by atoms with E-state index >= 15 is 0 Å². The highest BCUT2D eigenvalue weighted by atomic mass is 16.5. The van der Waals surface area contributed by atoms with Crippen molar-refractivity contribution in [2.24, 2.45) is 0 Å². The predicted octanol–water partition coefficient (Wildman–Crippen LogP) is 5.15. The van der Waals surface area contributed by atoms with E-state index in [0.29, 0.717) is 0 Å². The summed E-state index contributed by atoms with van der Waals surface area (Å²) in [4.78, 5) is 0. The van der Waals surface area contributed by atoms with Gasteiger partial charge in [-0.3, -0.25) is 0 Å². The van der Waals surface area contributed by atoms with E-state index in [9.17, 15) is 0 Å². The van der Waals surface area contributed by atoms with E-state index in [4.69, 9.17) is 4.74 Å². The predicted molar refractivity (Wildman–Crippen MR) is 88.1 cm³/mol. The second kappa shape index (κ2) is 4.11. The second-order valence-electron chi connectivity index (χ2n) is 6.25. The maximum atomic E-state index is 5.36. The minimum atomic E-state index is 0.0417. The molecule has 1 aliphatic rings. The van der Waals surface area contributed by atoms with E-state index in [1.807, 2.05) is 0 Å². The van der Waals surface area contributed by atoms with E-state index in [1.54, 1.807) is 7.11 Å². The van der Waals surface area contributed by atoms with Crippen molar-refractivity contribution in [2.75, 3.05) is 7.11 Å². The summed E-state index contributed by atoms with van der Waals surface area (Å²) in [7, 11) is 1.72. The monoisotopic (exact) mass is 274 g/mol. The van der Waals surface area contributed by atoms with Gasteiger partial charge in [0.2, 0.25) is 0 Å². The van der Waals surface area contributed by atoms with Crippen LogP contribution < -0.4 is 4.74 Å². The van der Waals surface area contributed by atoms with Crippen LogP contribution in [0.3, 0.4) is 0 Å². The van der Waals surface area contributed by atoms with Gasteiger partial charge in [0.1, 0.15) is 5.75 Å². The maximum Gasteiger partial charge on any atom is 0.119 e. The highest BCUT2D eigenvalue weighted by Gasteiger charge is 2.36. The zero-order chi connectivity index (χ0) is 14.6. The number of fused-ring (bicyclic) bond motifs is 5. The van der Waals surface area contributed by atoms with Crippen molar-refractivity contribution in [1.29, 1.82) is 0 Å². The molecule has 0 aliphatic heterocycles. The first-order chi connectivity index (χ1) is 10.1. The number of methoxy groups -OCH3 is 1. The van der Waals surface area contributed by atoms with Crippen LogP contribution >= 0.6 is 0 Å². The quantitative estimate of drug-likeness (QED) is 0.596. The molecular formula is C20H18O. The van der Waals surface area contributed by atoms with E-state index in [2.05, 4.69) is 68.4 Å². The van der Waals surface area contributed by atoms with Gasteiger partial charge in [0.05, 0.1) is 7.11 Å². The molecule has 0 N–H and O–H groups in total. The van der Waals surface area contributed by atoms with Gasteiger partial charge >= 0.3 is 0 Å². The summed E-state index contributed by atoms with van der Waals surface area (Å²) in [6, 6.07) is 19.6. The summed E-state index contributed by atoms with van der Waals surface area (Å²) in [5.41, 5.74) is 5.63. The van der Waals surface area contributed by atoms with Crippen molar-refractivity contribution in [3.05, 3.63) is 65.7 Å². The Morgan fingerprint density at radius 2 is 1.67 bits per heavy atom. The van der Waals surface area contributed by atoms with Gasteiger partial charge < -0.3 is 4.74 Å². The van der Waals surface area contributed by atoms with Gasteiger partial charge in [-0.1, -0.05) is 56.3 Å². The minimum Gasteiger partial charge on any atom is -0.497 e. The van der Waals surface area contributed by atoms with Gasteiger partial charge in [0.15, 0.2) is 0 Å². The molecule has 0 spiro atoms. The standard InChI is InChI=1S/C20H18O/c1-20(2)18-7-5-4-6-16(18)17-10-8-13-12-14(21-3)9-11-15(13)19(17)20/h4-12H,1-3H3. The van der Waals surface area contributed by atoms with E-state index in [-0.39, 0.29) is 5.41 Å². The van der Waals surface area contributed by atoms with Crippen LogP contribution in [0.15, 0.2) is 54.6 Å². The summed E-state index contributed by atoms with van der Waals surface area (Å²) >= 11 is 0. The first-order valence-corrected chi connectivity index (χ1v) is 7.34. The zero-order valence-corrected chi connectivity index (χ0v) is 12.6. The average molecular weight is 274 g/mol. The molecular weight excluding hydrogens is 256 g/mol. The topological polar surface area (TPSA) is 9.23 Å². The Morgan fingerprint density at radius 1 is 0.857 bits per heavy atom. The van der Waals surface area contributed by atoms with Crippen LogP contribution in [0.4, 0.5) is 0 Å². The van der Waals surface area contributed by atoms with E-state index in [1.165, 1.54) is 33.0 Å². The molecule has 3 aromatic rings. The molecule has 0 bridgehead atoms. The molecule has 0 saturated carbocycles. The Bertz CT molecular complexity index is 859. The van der Waals surface area contributed by atoms with Gasteiger partial charge in [0.25, 0.3) is 0 Å². The normalized spacial score (nSPS) is 14.8. The molecule has 104 valence electrons. The number of hydrogen-bond donors (Lipinski definition) is 0. The fraction of sp³-hybridized carbons (Fsp3) is 0.200. The molecule has 3 aromatic carbocycles. The Kier molecular flexibility index (Phi) is 2.44. The number of hydrogen-bond acceptors (Lipinski definition) is 1. The Labute approximate surface area is 125 Å². The largest absolute Gasteiger partial charge is 0.497 e. The highest BCUT2D eigenvalue weighted by Crippen LogP contribution is 2.51. The molecule has 1 nitrogen and oxygen atoms in total. The van der Waals surface area contributed by atoms with Crippen molar-refractivity contribution in [3.8, 4) is 16.9 Å². The molecule has 1 heteroatoms. The van der Waals surface area contributed by atoms with E-state index < -0.39 is 0 Å². The number of ether oxygens (including phenoxy) is 1. The molecule has 0 heterocycles. The fourth-order valence-electron chi connectivity index (χ4n) is 3.73. The third-order valence-electron chi connectivity index (χ3n) is 4.74. The van der Waals surface area contributed by atoms with Crippen molar-refractivity contribution in [1.82, 2.24) is 0 Å². The first kappa shape index (κ1) is 12.5. The Balaban J connectivity index is 2.10. The minimum absolute atomic E-state index is 0.0417. The van der Waals surface area contributed by atoms with Crippen molar-refractivity contribution >= 4 is 10.8 Å². The smallest absolute Gasteiger partial charge is 0.119 e. The number of rotatable bonds is 1. The van der Waals surface area contributed by atoms with Crippen LogP contribution in [0.2, 0.25) is 0 Å². The SMILES string of the molecule is COc1ccc2c3c(ccc2c1)-c1ccccc1C3(C)C. The zero-order valence-electron chi connectivity index (χ0n) is 12.6. The van der Waals surface area contributed by atoms with Gasteiger partial charge in [0, 0.05) is 5.41 Å². The van der Waals surface area contributed by atoms with E-state index in [0.717, 1.165) is 5.75 Å². The molecule has 0 radical (unpaired) electrons. The number of benzene rings is 3. The summed E-state index contributed by atoms with van der Waals surface area (Å²) in [6.07, 6.45) is 0. The lowest BCUT2D eigenvalue weighted by Crippen LogP contribution is -2.15. The van der Waals surface area contributed by atoms with Crippen LogP contribution in [-0.2, 0) is 5.41 Å². The van der Waals surface area contributed by atoms with Gasteiger partial charge in [-0.25, -0.2) is 0 Å². The Hall–Kier alpha value is -2.28. The highest BCUT2D eigenvalue weighted by molar-refractivity contribution is 5.97. The van der Waals surface area contributed by atoms with Crippen LogP contribution in [0.25, 0.3) is 21.9 Å². The average Bonchev–Trinajstić information content (AvgIpc) is 2.75. The lowest BCUT2D eigenvalue weighted by atomic mass is 9.80. The van der Waals surface area contributed by atoms with Crippen molar-refractivity contribution < 1.29 is 4.74 Å². The summed E-state index contributed by atoms with van der Waals surface area (Å²) < 4.78 is 5.36. The molecule has 0 amide bonds. The molecule has 0 unspecified atom stereocenters. The van der Waals surface area contributed by atoms with Crippen LogP contribution in [-0.4, -0.2) is 7.11 Å². The molecule has 0 atom stereocenters. The summed E-state index contributed by atoms with van der Waals surface area (Å²) in [6.45, 7) is 4.64. The third kappa shape index (κ3) is 1.58. The third-order valence-corrected chi connectivity index (χ3v) is 4.74. The lowest BCUT2D eigenvalue weighted by Gasteiger charge is -2.23. The molecule has 0 saturated heterocycles. The van der Waals surface area contributed by atoms with Crippen LogP contribution in [0, 0.1) is 0 Å². The lowest BCUT2D eigenvalue weighted by molar-refractivity contribution is 0.415. The fourth-order valence-corrected chi connectivity index (χ4v) is 3.73. The molecule has 0 fully saturated rings. The van der Waals surface area contributed by atoms with Crippen LogP contribution in [0.1, 0.15) is 25.0 Å². The van der Waals surface area contributed by atoms with Gasteiger partial charge in [-0.15, -0.1) is 0 Å². The van der Waals surface area contributed by atoms with Crippen molar-refractivity contribution in [3.63, 3.8) is 0 Å². The molecule has 0 aromatic heterocycles. The van der Waals surface area contributed by atoms with Crippen molar-refractivity contribution in [2.45, 2.75) is 19.3 Å². The van der Waals surface area contributed by atoms with Gasteiger partial charge in [-0.2, -0.15) is 0 Å². The van der Waals surface area contributed by atoms with Crippen LogP contribution in [0.5, 0.6) is 5.75 Å². The second-order valence-corrected chi connectivity index (χ2v) is 6.25. The summed E-state index contributed by atoms with van der Waals surface area (Å²) in [5.74, 6) is 0.913. The van der Waals surface area contributed by atoms with Gasteiger partial charge in [-0.05, 0) is 45.2 Å². The molecule has 4 rings (SSSR count). The summed E-state index contributed by atoms with van der Waals surface area (Å²) in [5, 5.41) is 2.57. The first-order valence-electron chi connectivity index (χ1n) is 7.34. The molecule has 1 aliphatic carbocycles. The Morgan fingerprint density at radius 3 is 2.48 bits per heavy atom. The molecule has 21 heavy (non-hydrogen) atoms.